The number of ether oxygens (including phenoxy) is 1. The number of fused-ring (bicyclic) bond motifs is 2. The summed E-state index contributed by atoms with van der Waals surface area (Å²) in [5, 5.41) is 28.1. The number of amides is 1. The van der Waals surface area contributed by atoms with Gasteiger partial charge in [0.1, 0.15) is 12.4 Å². The van der Waals surface area contributed by atoms with E-state index < -0.39 is 29.4 Å². The summed E-state index contributed by atoms with van der Waals surface area (Å²) in [6.07, 6.45) is 0. The summed E-state index contributed by atoms with van der Waals surface area (Å²) in [6.45, 7) is 1.98. The number of nitriles is 1. The van der Waals surface area contributed by atoms with Crippen LogP contribution in [0.5, 0.6) is 5.75 Å². The molecule has 4 atom stereocenters. The number of nitro groups is 1. The molecule has 0 saturated carbocycles. The van der Waals surface area contributed by atoms with Crippen LogP contribution in [0.4, 0.5) is 5.69 Å². The highest BCUT2D eigenvalue weighted by molar-refractivity contribution is 9.10. The van der Waals surface area contributed by atoms with Crippen LogP contribution in [0.3, 0.4) is 0 Å². The third-order valence-corrected chi connectivity index (χ3v) is 7.31. The molecule has 5 rings (SSSR count). The molecule has 3 aromatic carbocycles. The average Bonchev–Trinajstić information content (AvgIpc) is 3.31. The molecule has 0 unspecified atom stereocenters. The van der Waals surface area contributed by atoms with Crippen molar-refractivity contribution < 1.29 is 14.5 Å². The molecule has 0 aliphatic carbocycles. The smallest absolute Gasteiger partial charge is 0.256 e. The van der Waals surface area contributed by atoms with Gasteiger partial charge in [0.05, 0.1) is 17.6 Å². The van der Waals surface area contributed by atoms with Gasteiger partial charge in [0.15, 0.2) is 5.54 Å². The van der Waals surface area contributed by atoms with Crippen molar-refractivity contribution in [2.24, 2.45) is 0 Å². The summed E-state index contributed by atoms with van der Waals surface area (Å²) < 4.78 is 6.87. The summed E-state index contributed by atoms with van der Waals surface area (Å²) >= 11 is 3.48. The Kier molecular flexibility index (Phi) is 5.79. The Balaban J connectivity index is 1.58. The highest BCUT2D eigenvalue weighted by atomic mass is 79.9. The van der Waals surface area contributed by atoms with Gasteiger partial charge in [-0.2, -0.15) is 5.26 Å². The number of anilines is 1. The van der Waals surface area contributed by atoms with Gasteiger partial charge in [0, 0.05) is 37.8 Å². The molecule has 1 spiro atoms. The molecular formula is C26H21BrN4O4. The lowest BCUT2D eigenvalue weighted by Gasteiger charge is -2.26. The molecule has 35 heavy (non-hydrogen) atoms. The molecule has 1 amide bonds. The fraction of sp³-hybridized carbons (Fsp3) is 0.231. The monoisotopic (exact) mass is 532 g/mol. The van der Waals surface area contributed by atoms with Crippen molar-refractivity contribution in [1.29, 1.82) is 5.26 Å². The van der Waals surface area contributed by atoms with Gasteiger partial charge in [-0.15, -0.1) is 0 Å². The van der Waals surface area contributed by atoms with Gasteiger partial charge < -0.3 is 10.1 Å². The first-order chi connectivity index (χ1) is 16.9. The maximum Gasteiger partial charge on any atom is 0.256 e. The van der Waals surface area contributed by atoms with E-state index in [9.17, 15) is 20.2 Å². The summed E-state index contributed by atoms with van der Waals surface area (Å²) in [7, 11) is 0. The standard InChI is InChI=1S/C26H21BrN4O4/c1-15-23(24(31(33)34)26(30-15)20-8-4-5-9-21(20)29-25(26)32)19-12-18(27)10-11-22(19)35-14-17-7-3-2-6-16(17)13-28/h2-12,15,23-24,30H,14H2,1H3,(H,29,32)/t15-,23+,24+,26-/m0/s1. The molecule has 2 aliphatic rings. The summed E-state index contributed by atoms with van der Waals surface area (Å²) in [4.78, 5) is 25.5. The minimum absolute atomic E-state index is 0.129. The largest absolute Gasteiger partial charge is 0.489 e. The van der Waals surface area contributed by atoms with E-state index in [1.165, 1.54) is 0 Å². The molecule has 3 aromatic rings. The van der Waals surface area contributed by atoms with Gasteiger partial charge in [0.25, 0.3) is 11.9 Å². The molecular weight excluding hydrogens is 512 g/mol. The zero-order chi connectivity index (χ0) is 24.7. The van der Waals surface area contributed by atoms with Crippen molar-refractivity contribution in [1.82, 2.24) is 5.32 Å². The van der Waals surface area contributed by atoms with Crippen molar-refractivity contribution in [3.8, 4) is 11.8 Å². The minimum atomic E-state index is -1.50. The molecule has 1 fully saturated rings. The van der Waals surface area contributed by atoms with E-state index in [0.717, 1.165) is 4.47 Å². The zero-order valence-electron chi connectivity index (χ0n) is 18.7. The molecule has 9 heteroatoms. The molecule has 8 nitrogen and oxygen atoms in total. The lowest BCUT2D eigenvalue weighted by molar-refractivity contribution is -0.532. The van der Waals surface area contributed by atoms with E-state index in [4.69, 9.17) is 4.74 Å². The van der Waals surface area contributed by atoms with Crippen molar-refractivity contribution in [3.05, 3.63) is 104 Å². The first kappa shape index (κ1) is 23.0. The number of hydrogen-bond acceptors (Lipinski definition) is 6. The minimum Gasteiger partial charge on any atom is -0.489 e. The van der Waals surface area contributed by atoms with Gasteiger partial charge >= 0.3 is 0 Å². The summed E-state index contributed by atoms with van der Waals surface area (Å²) in [5.41, 5.74) is 1.47. The SMILES string of the molecule is C[C@@H]1N[C@]2(C(=O)Nc3ccccc32)[C@H]([N+](=O)[O-])[C@H]1c1cc(Br)ccc1OCc1ccccc1C#N. The van der Waals surface area contributed by atoms with Crippen LogP contribution in [0.15, 0.2) is 71.2 Å². The third kappa shape index (κ3) is 3.66. The van der Waals surface area contributed by atoms with Gasteiger partial charge in [0.2, 0.25) is 0 Å². The first-order valence-electron chi connectivity index (χ1n) is 11.1. The number of nitrogens with zero attached hydrogens (tertiary/aromatic N) is 2. The molecule has 0 bridgehead atoms. The van der Waals surface area contributed by atoms with Crippen molar-refractivity contribution in [2.75, 3.05) is 5.32 Å². The molecule has 0 radical (unpaired) electrons. The molecule has 2 N–H and O–H groups in total. The number of benzene rings is 3. The maximum atomic E-state index is 13.3. The number of carbonyl (C=O) groups excluding carboxylic acids is 1. The van der Waals surface area contributed by atoms with Crippen LogP contribution in [0.25, 0.3) is 0 Å². The average molecular weight is 533 g/mol. The number of para-hydroxylation sites is 1. The van der Waals surface area contributed by atoms with Crippen LogP contribution in [-0.4, -0.2) is 22.9 Å². The lowest BCUT2D eigenvalue weighted by Crippen LogP contribution is -2.54. The van der Waals surface area contributed by atoms with Crippen molar-refractivity contribution in [2.45, 2.75) is 37.1 Å². The maximum absolute atomic E-state index is 13.3. The fourth-order valence-electron chi connectivity index (χ4n) is 5.34. The summed E-state index contributed by atoms with van der Waals surface area (Å²) in [6, 6.07) is 20.0. The number of nitrogens with one attached hydrogen (secondary N) is 2. The Morgan fingerprint density at radius 3 is 2.69 bits per heavy atom. The van der Waals surface area contributed by atoms with Crippen LogP contribution in [0.1, 0.15) is 35.1 Å². The number of carbonyl (C=O) groups is 1. The van der Waals surface area contributed by atoms with Crippen molar-refractivity contribution in [3.63, 3.8) is 0 Å². The van der Waals surface area contributed by atoms with Crippen LogP contribution < -0.4 is 15.4 Å². The highest BCUT2D eigenvalue weighted by Crippen LogP contribution is 2.51. The predicted molar refractivity (Wildman–Crippen MR) is 133 cm³/mol. The van der Waals surface area contributed by atoms with Crippen LogP contribution in [0.2, 0.25) is 0 Å². The predicted octanol–water partition coefficient (Wildman–Crippen LogP) is 4.47. The second-order valence-corrected chi connectivity index (χ2v) is 9.65. The molecule has 176 valence electrons. The van der Waals surface area contributed by atoms with E-state index in [0.29, 0.717) is 33.7 Å². The van der Waals surface area contributed by atoms with Gasteiger partial charge in [-0.05, 0) is 37.3 Å². The summed E-state index contributed by atoms with van der Waals surface area (Å²) in [5.74, 6) is -0.633. The Labute approximate surface area is 210 Å². The van der Waals surface area contributed by atoms with Gasteiger partial charge in [-0.1, -0.05) is 52.3 Å². The van der Waals surface area contributed by atoms with E-state index in [-0.39, 0.29) is 11.5 Å². The Morgan fingerprint density at radius 1 is 1.17 bits per heavy atom. The van der Waals surface area contributed by atoms with Crippen LogP contribution >= 0.6 is 15.9 Å². The van der Waals surface area contributed by atoms with E-state index >= 15 is 0 Å². The Bertz CT molecular complexity index is 1390. The van der Waals surface area contributed by atoms with E-state index in [2.05, 4.69) is 32.6 Å². The van der Waals surface area contributed by atoms with E-state index in [1.807, 2.05) is 25.1 Å². The highest BCUT2D eigenvalue weighted by Gasteiger charge is 2.68. The number of hydrogen-bond donors (Lipinski definition) is 2. The second-order valence-electron chi connectivity index (χ2n) is 8.74. The second kappa shape index (κ2) is 8.80. The van der Waals surface area contributed by atoms with Gasteiger partial charge in [-0.25, -0.2) is 0 Å². The quantitative estimate of drug-likeness (QED) is 0.369. The number of rotatable bonds is 5. The van der Waals surface area contributed by atoms with E-state index in [1.54, 1.807) is 48.5 Å². The molecule has 2 heterocycles. The topological polar surface area (TPSA) is 117 Å². The lowest BCUT2D eigenvalue weighted by atomic mass is 9.78. The normalized spacial score (nSPS) is 24.6. The van der Waals surface area contributed by atoms with Crippen LogP contribution in [0, 0.1) is 21.4 Å². The molecule has 1 saturated heterocycles. The third-order valence-electron chi connectivity index (χ3n) is 6.82. The fourth-order valence-corrected chi connectivity index (χ4v) is 5.72. The van der Waals surface area contributed by atoms with Crippen LogP contribution in [-0.2, 0) is 16.9 Å². The number of halogens is 1. The van der Waals surface area contributed by atoms with Crippen molar-refractivity contribution >= 4 is 27.5 Å². The first-order valence-corrected chi connectivity index (χ1v) is 11.9. The van der Waals surface area contributed by atoms with Gasteiger partial charge in [-0.3, -0.25) is 20.2 Å². The molecule has 2 aliphatic heterocycles. The Hall–Kier alpha value is -3.74. The zero-order valence-corrected chi connectivity index (χ0v) is 20.3. The molecule has 0 aromatic heterocycles. The Morgan fingerprint density at radius 2 is 1.91 bits per heavy atom.